The molecule has 0 aromatic heterocycles. The van der Waals surface area contributed by atoms with Gasteiger partial charge in [0.2, 0.25) is 0 Å². The molecule has 0 radical (unpaired) electrons. The predicted molar refractivity (Wildman–Crippen MR) is 135 cm³/mol. The van der Waals surface area contributed by atoms with Crippen molar-refractivity contribution in [2.75, 3.05) is 40.5 Å². The summed E-state index contributed by atoms with van der Waals surface area (Å²) in [6.07, 6.45) is 2.23. The van der Waals surface area contributed by atoms with E-state index in [2.05, 4.69) is 34.6 Å². The molecule has 1 aliphatic heterocycles. The number of halogens is 2. The molecule has 1 fully saturated rings. The maximum atomic E-state index is 13.0. The molecule has 0 aliphatic carbocycles. The molecule has 3 rings (SSSR count). The van der Waals surface area contributed by atoms with Crippen molar-refractivity contribution in [2.24, 2.45) is 4.99 Å². The van der Waals surface area contributed by atoms with Crippen molar-refractivity contribution in [3.8, 4) is 5.75 Å². The molecule has 8 heteroatoms. The van der Waals surface area contributed by atoms with Crippen molar-refractivity contribution < 1.29 is 18.6 Å². The molecule has 1 N–H and O–H groups in total. The van der Waals surface area contributed by atoms with E-state index in [4.69, 9.17) is 14.2 Å². The molecule has 1 saturated heterocycles. The molecule has 0 amide bonds. The van der Waals surface area contributed by atoms with E-state index >= 15 is 0 Å². The second-order valence-electron chi connectivity index (χ2n) is 7.57. The van der Waals surface area contributed by atoms with Gasteiger partial charge in [0.1, 0.15) is 18.2 Å². The lowest BCUT2D eigenvalue weighted by Gasteiger charge is -2.23. The van der Waals surface area contributed by atoms with E-state index in [1.54, 1.807) is 19.2 Å². The summed E-state index contributed by atoms with van der Waals surface area (Å²) in [5.74, 6) is 1.16. The van der Waals surface area contributed by atoms with Gasteiger partial charge in [-0.05, 0) is 48.2 Å². The number of nitrogens with zero attached hydrogens (tertiary/aromatic N) is 2. The first-order valence-electron chi connectivity index (χ1n) is 10.7. The van der Waals surface area contributed by atoms with Gasteiger partial charge in [0.15, 0.2) is 5.96 Å². The lowest BCUT2D eigenvalue weighted by Crippen LogP contribution is -2.40. The van der Waals surface area contributed by atoms with E-state index in [1.807, 2.05) is 11.9 Å². The zero-order valence-electron chi connectivity index (χ0n) is 18.8. The molecule has 32 heavy (non-hydrogen) atoms. The molecule has 2 aromatic rings. The first kappa shape index (κ1) is 26.3. The third kappa shape index (κ3) is 8.91. The zero-order valence-corrected chi connectivity index (χ0v) is 21.1. The topological polar surface area (TPSA) is 55.3 Å². The van der Waals surface area contributed by atoms with Gasteiger partial charge < -0.3 is 24.4 Å². The maximum Gasteiger partial charge on any atom is 0.193 e. The maximum absolute atomic E-state index is 13.0. The van der Waals surface area contributed by atoms with Crippen LogP contribution in [0.2, 0.25) is 0 Å². The van der Waals surface area contributed by atoms with Crippen LogP contribution in [0.5, 0.6) is 5.75 Å². The minimum absolute atomic E-state index is 0. The van der Waals surface area contributed by atoms with Gasteiger partial charge in [-0.3, -0.25) is 4.99 Å². The fraction of sp³-hybridized carbons (Fsp3) is 0.458. The molecule has 2 aromatic carbocycles. The highest BCUT2D eigenvalue weighted by molar-refractivity contribution is 14.0. The second kappa shape index (κ2) is 14.3. The van der Waals surface area contributed by atoms with Crippen LogP contribution < -0.4 is 10.1 Å². The van der Waals surface area contributed by atoms with Gasteiger partial charge in [0.25, 0.3) is 0 Å². The Kier molecular flexibility index (Phi) is 11.8. The van der Waals surface area contributed by atoms with Gasteiger partial charge >= 0.3 is 0 Å². The standard InChI is InChI=1S/C24H32FN3O3.HI/c1-26-24(28(2)12-15-30-22-8-6-21(25)7-9-22)27-17-19-4-3-5-20(16-19)18-31-23-10-13-29-14-11-23;/h3-9,16,23H,10-15,17-18H2,1-2H3,(H,26,27);1H. The summed E-state index contributed by atoms with van der Waals surface area (Å²) >= 11 is 0. The fourth-order valence-corrected chi connectivity index (χ4v) is 3.39. The van der Waals surface area contributed by atoms with Crippen molar-refractivity contribution in [1.29, 1.82) is 0 Å². The number of rotatable bonds is 9. The number of guanidine groups is 1. The van der Waals surface area contributed by atoms with Crippen LogP contribution in [0.3, 0.4) is 0 Å². The predicted octanol–water partition coefficient (Wildman–Crippen LogP) is 4.23. The van der Waals surface area contributed by atoms with Crippen LogP contribution in [0.4, 0.5) is 4.39 Å². The third-order valence-electron chi connectivity index (χ3n) is 5.18. The highest BCUT2D eigenvalue weighted by atomic mass is 127. The summed E-state index contributed by atoms with van der Waals surface area (Å²) < 4.78 is 30.0. The molecular weight excluding hydrogens is 524 g/mol. The van der Waals surface area contributed by atoms with E-state index in [0.29, 0.717) is 38.2 Å². The van der Waals surface area contributed by atoms with Gasteiger partial charge in [0.05, 0.1) is 19.3 Å². The van der Waals surface area contributed by atoms with Gasteiger partial charge in [0, 0.05) is 33.9 Å². The smallest absolute Gasteiger partial charge is 0.193 e. The SMILES string of the molecule is CN=C(NCc1cccc(COC2CCOCC2)c1)N(C)CCOc1ccc(F)cc1.I. The van der Waals surface area contributed by atoms with Crippen molar-refractivity contribution >= 4 is 29.9 Å². The number of benzene rings is 2. The average Bonchev–Trinajstić information content (AvgIpc) is 2.80. The second-order valence-corrected chi connectivity index (χ2v) is 7.57. The number of ether oxygens (including phenoxy) is 3. The van der Waals surface area contributed by atoms with Crippen LogP contribution in [0.1, 0.15) is 24.0 Å². The monoisotopic (exact) mass is 557 g/mol. The van der Waals surface area contributed by atoms with Crippen LogP contribution in [0.25, 0.3) is 0 Å². The number of hydrogen-bond acceptors (Lipinski definition) is 4. The minimum atomic E-state index is -0.270. The largest absolute Gasteiger partial charge is 0.492 e. The van der Waals surface area contributed by atoms with Crippen molar-refractivity contribution in [2.45, 2.75) is 32.1 Å². The normalized spacial score (nSPS) is 14.5. The first-order valence-corrected chi connectivity index (χ1v) is 10.7. The quantitative estimate of drug-likeness (QED) is 0.284. The van der Waals surface area contributed by atoms with Gasteiger partial charge in [-0.15, -0.1) is 24.0 Å². The summed E-state index contributed by atoms with van der Waals surface area (Å²) in [5, 5.41) is 3.39. The Balaban J connectivity index is 0.00000363. The Hall–Kier alpha value is -1.91. The molecule has 0 saturated carbocycles. The molecule has 0 unspecified atom stereocenters. The van der Waals surface area contributed by atoms with Crippen LogP contribution in [-0.2, 0) is 22.6 Å². The van der Waals surface area contributed by atoms with Gasteiger partial charge in [-0.25, -0.2) is 4.39 Å². The highest BCUT2D eigenvalue weighted by Gasteiger charge is 2.14. The van der Waals surface area contributed by atoms with E-state index in [0.717, 1.165) is 32.0 Å². The molecule has 6 nitrogen and oxygen atoms in total. The van der Waals surface area contributed by atoms with Crippen molar-refractivity contribution in [3.63, 3.8) is 0 Å². The molecule has 0 atom stereocenters. The first-order chi connectivity index (χ1) is 15.1. The summed E-state index contributed by atoms with van der Waals surface area (Å²) in [5.41, 5.74) is 2.34. The Morgan fingerprint density at radius 1 is 1.16 bits per heavy atom. The van der Waals surface area contributed by atoms with Crippen LogP contribution in [-0.4, -0.2) is 57.4 Å². The molecule has 0 bridgehead atoms. The summed E-state index contributed by atoms with van der Waals surface area (Å²) in [6, 6.07) is 14.4. The van der Waals surface area contributed by atoms with E-state index in [1.165, 1.54) is 23.3 Å². The Morgan fingerprint density at radius 3 is 2.59 bits per heavy atom. The van der Waals surface area contributed by atoms with Crippen molar-refractivity contribution in [3.05, 3.63) is 65.5 Å². The molecule has 1 heterocycles. The zero-order chi connectivity index (χ0) is 21.9. The Labute approximate surface area is 207 Å². The summed E-state index contributed by atoms with van der Waals surface area (Å²) in [6.45, 7) is 3.99. The summed E-state index contributed by atoms with van der Waals surface area (Å²) in [7, 11) is 3.72. The third-order valence-corrected chi connectivity index (χ3v) is 5.18. The Morgan fingerprint density at radius 2 is 1.88 bits per heavy atom. The number of likely N-dealkylation sites (N-methyl/N-ethyl adjacent to an activating group) is 1. The van der Waals surface area contributed by atoms with Crippen LogP contribution >= 0.6 is 24.0 Å². The van der Waals surface area contributed by atoms with Gasteiger partial charge in [-0.2, -0.15) is 0 Å². The molecule has 1 aliphatic rings. The van der Waals surface area contributed by atoms with E-state index < -0.39 is 0 Å². The summed E-state index contributed by atoms with van der Waals surface area (Å²) in [4.78, 5) is 6.35. The number of nitrogens with one attached hydrogen (secondary N) is 1. The molecular formula is C24H33FIN3O3. The minimum Gasteiger partial charge on any atom is -0.492 e. The number of aliphatic imine (C=N–C) groups is 1. The Bertz CT molecular complexity index is 829. The van der Waals surface area contributed by atoms with Crippen molar-refractivity contribution in [1.82, 2.24) is 10.2 Å². The van der Waals surface area contributed by atoms with Gasteiger partial charge in [-0.1, -0.05) is 24.3 Å². The number of hydrogen-bond donors (Lipinski definition) is 1. The van der Waals surface area contributed by atoms with Crippen LogP contribution in [0.15, 0.2) is 53.5 Å². The molecule has 176 valence electrons. The molecule has 0 spiro atoms. The average molecular weight is 557 g/mol. The fourth-order valence-electron chi connectivity index (χ4n) is 3.39. The highest BCUT2D eigenvalue weighted by Crippen LogP contribution is 2.14. The van der Waals surface area contributed by atoms with E-state index in [-0.39, 0.29) is 29.8 Å². The lowest BCUT2D eigenvalue weighted by molar-refractivity contribution is -0.0390. The van der Waals surface area contributed by atoms with E-state index in [9.17, 15) is 4.39 Å². The lowest BCUT2D eigenvalue weighted by atomic mass is 10.1. The van der Waals surface area contributed by atoms with Crippen LogP contribution in [0, 0.1) is 5.82 Å².